The van der Waals surface area contributed by atoms with E-state index in [0.29, 0.717) is 11.5 Å². The monoisotopic (exact) mass is 264 g/mol. The van der Waals surface area contributed by atoms with Crippen molar-refractivity contribution >= 4 is 11.8 Å². The number of ether oxygens (including phenoxy) is 1. The summed E-state index contributed by atoms with van der Waals surface area (Å²) in [5, 5.41) is 9.10. The van der Waals surface area contributed by atoms with E-state index >= 15 is 0 Å². The minimum Gasteiger partial charge on any atom is -0.478 e. The van der Waals surface area contributed by atoms with Crippen molar-refractivity contribution in [3.05, 3.63) is 23.4 Å². The molecule has 0 radical (unpaired) electrons. The maximum absolute atomic E-state index is 11.1. The van der Waals surface area contributed by atoms with Crippen LogP contribution >= 0.6 is 0 Å². The van der Waals surface area contributed by atoms with E-state index in [-0.39, 0.29) is 0 Å². The van der Waals surface area contributed by atoms with Gasteiger partial charge in [-0.1, -0.05) is 0 Å². The van der Waals surface area contributed by atoms with Crippen molar-refractivity contribution in [2.45, 2.75) is 19.8 Å². The highest BCUT2D eigenvalue weighted by Crippen LogP contribution is 2.23. The molecule has 1 aliphatic rings. The Labute approximate surface area is 113 Å². The zero-order valence-electron chi connectivity index (χ0n) is 11.4. The zero-order valence-corrected chi connectivity index (χ0v) is 11.4. The van der Waals surface area contributed by atoms with E-state index in [1.807, 2.05) is 6.92 Å². The largest absolute Gasteiger partial charge is 0.478 e. The van der Waals surface area contributed by atoms with Crippen LogP contribution in [0.1, 0.15) is 28.9 Å². The number of aromatic carboxylic acids is 1. The number of aromatic nitrogens is 1. The first-order chi connectivity index (χ1) is 9.10. The van der Waals surface area contributed by atoms with Crippen molar-refractivity contribution < 1.29 is 14.6 Å². The van der Waals surface area contributed by atoms with Crippen LogP contribution in [0.2, 0.25) is 0 Å². The number of piperidine rings is 1. The molecule has 1 aromatic heterocycles. The van der Waals surface area contributed by atoms with Gasteiger partial charge in [0.25, 0.3) is 0 Å². The van der Waals surface area contributed by atoms with Gasteiger partial charge in [-0.3, -0.25) is 0 Å². The first-order valence-corrected chi connectivity index (χ1v) is 6.56. The Hall–Kier alpha value is -1.62. The molecule has 5 heteroatoms. The van der Waals surface area contributed by atoms with Gasteiger partial charge in [0.05, 0.1) is 12.2 Å². The Morgan fingerprint density at radius 3 is 3.05 bits per heavy atom. The summed E-state index contributed by atoms with van der Waals surface area (Å²) in [4.78, 5) is 17.7. The highest BCUT2D eigenvalue weighted by atomic mass is 16.5. The lowest BCUT2D eigenvalue weighted by Crippen LogP contribution is -2.37. The summed E-state index contributed by atoms with van der Waals surface area (Å²) in [7, 11) is 1.71. The van der Waals surface area contributed by atoms with E-state index in [1.54, 1.807) is 19.2 Å². The molecule has 104 valence electrons. The second kappa shape index (κ2) is 6.02. The van der Waals surface area contributed by atoms with E-state index in [0.717, 1.165) is 44.0 Å². The SMILES string of the molecule is COCC1CCCN(c2cc(C(=O)O)cc(C)n2)C1. The van der Waals surface area contributed by atoms with Gasteiger partial charge in [-0.25, -0.2) is 9.78 Å². The molecule has 1 N–H and O–H groups in total. The molecule has 0 spiro atoms. The molecule has 1 unspecified atom stereocenters. The van der Waals surface area contributed by atoms with Gasteiger partial charge in [0.1, 0.15) is 5.82 Å². The Morgan fingerprint density at radius 2 is 2.37 bits per heavy atom. The van der Waals surface area contributed by atoms with Crippen molar-refractivity contribution in [3.63, 3.8) is 0 Å². The van der Waals surface area contributed by atoms with Crippen LogP contribution in [0.25, 0.3) is 0 Å². The number of pyridine rings is 1. The van der Waals surface area contributed by atoms with Gasteiger partial charge in [0, 0.05) is 25.9 Å². The van der Waals surface area contributed by atoms with Crippen LogP contribution in [0.4, 0.5) is 5.82 Å². The third kappa shape index (κ3) is 3.44. The smallest absolute Gasteiger partial charge is 0.335 e. The van der Waals surface area contributed by atoms with Gasteiger partial charge in [0.2, 0.25) is 0 Å². The molecule has 2 heterocycles. The number of carboxylic acid groups (broad SMARTS) is 1. The number of hydrogen-bond donors (Lipinski definition) is 1. The van der Waals surface area contributed by atoms with Crippen molar-refractivity contribution in [2.75, 3.05) is 31.7 Å². The second-order valence-corrected chi connectivity index (χ2v) is 5.07. The molecule has 19 heavy (non-hydrogen) atoms. The number of hydrogen-bond acceptors (Lipinski definition) is 4. The maximum atomic E-state index is 11.1. The summed E-state index contributed by atoms with van der Waals surface area (Å²) < 4.78 is 5.21. The van der Waals surface area contributed by atoms with Gasteiger partial charge in [-0.05, 0) is 37.8 Å². The third-order valence-electron chi connectivity index (χ3n) is 3.43. The Morgan fingerprint density at radius 1 is 1.58 bits per heavy atom. The molecule has 0 bridgehead atoms. The minimum atomic E-state index is -0.905. The van der Waals surface area contributed by atoms with E-state index < -0.39 is 5.97 Å². The van der Waals surface area contributed by atoms with Crippen LogP contribution in [0.5, 0.6) is 0 Å². The second-order valence-electron chi connectivity index (χ2n) is 5.07. The van der Waals surface area contributed by atoms with Gasteiger partial charge < -0.3 is 14.7 Å². The molecule has 1 aromatic rings. The van der Waals surface area contributed by atoms with E-state index in [9.17, 15) is 4.79 Å². The van der Waals surface area contributed by atoms with Crippen molar-refractivity contribution in [2.24, 2.45) is 5.92 Å². The lowest BCUT2D eigenvalue weighted by molar-refractivity contribution is 0.0696. The normalized spacial score (nSPS) is 19.5. The molecule has 0 aromatic carbocycles. The topological polar surface area (TPSA) is 62.7 Å². The number of rotatable bonds is 4. The number of anilines is 1. The summed E-state index contributed by atoms with van der Waals surface area (Å²) >= 11 is 0. The van der Waals surface area contributed by atoms with Crippen molar-refractivity contribution in [1.29, 1.82) is 0 Å². The summed E-state index contributed by atoms with van der Waals surface area (Å²) in [6.45, 7) is 4.37. The fourth-order valence-corrected chi connectivity index (χ4v) is 2.58. The van der Waals surface area contributed by atoms with E-state index in [2.05, 4.69) is 9.88 Å². The number of methoxy groups -OCH3 is 1. The van der Waals surface area contributed by atoms with Gasteiger partial charge in [-0.15, -0.1) is 0 Å². The number of carbonyl (C=O) groups is 1. The van der Waals surface area contributed by atoms with Crippen LogP contribution in [-0.2, 0) is 4.74 Å². The quantitative estimate of drug-likeness (QED) is 0.900. The molecule has 1 aliphatic heterocycles. The fraction of sp³-hybridized carbons (Fsp3) is 0.571. The highest BCUT2D eigenvalue weighted by Gasteiger charge is 2.21. The Kier molecular flexibility index (Phi) is 4.37. The summed E-state index contributed by atoms with van der Waals surface area (Å²) in [6, 6.07) is 3.26. The molecule has 5 nitrogen and oxygen atoms in total. The van der Waals surface area contributed by atoms with Crippen LogP contribution in [-0.4, -0.2) is 42.9 Å². The lowest BCUT2D eigenvalue weighted by Gasteiger charge is -2.33. The molecular weight excluding hydrogens is 244 g/mol. The van der Waals surface area contributed by atoms with Crippen LogP contribution < -0.4 is 4.90 Å². The predicted octanol–water partition coefficient (Wildman–Crippen LogP) is 1.95. The Balaban J connectivity index is 2.18. The predicted molar refractivity (Wildman–Crippen MR) is 72.7 cm³/mol. The standard InChI is InChI=1S/C14H20N2O3/c1-10-6-12(14(17)18)7-13(15-10)16-5-3-4-11(8-16)9-19-2/h6-7,11H,3-5,8-9H2,1-2H3,(H,17,18). The van der Waals surface area contributed by atoms with Gasteiger partial charge >= 0.3 is 5.97 Å². The average Bonchev–Trinajstić information content (AvgIpc) is 2.38. The first kappa shape index (κ1) is 13.8. The molecule has 1 fully saturated rings. The molecule has 0 amide bonds. The molecule has 1 atom stereocenters. The number of nitrogens with zero attached hydrogens (tertiary/aromatic N) is 2. The minimum absolute atomic E-state index is 0.302. The molecule has 0 saturated carbocycles. The van der Waals surface area contributed by atoms with Gasteiger partial charge in [-0.2, -0.15) is 0 Å². The zero-order chi connectivity index (χ0) is 13.8. The Bertz CT molecular complexity index is 460. The van der Waals surface area contributed by atoms with Crippen molar-refractivity contribution in [1.82, 2.24) is 4.98 Å². The number of aryl methyl sites for hydroxylation is 1. The summed E-state index contributed by atoms with van der Waals surface area (Å²) in [5.41, 5.74) is 1.04. The third-order valence-corrected chi connectivity index (χ3v) is 3.43. The van der Waals surface area contributed by atoms with E-state index in [4.69, 9.17) is 9.84 Å². The van der Waals surface area contributed by atoms with Crippen LogP contribution in [0.3, 0.4) is 0 Å². The maximum Gasteiger partial charge on any atom is 0.335 e. The molecule has 2 rings (SSSR count). The molecule has 1 saturated heterocycles. The van der Waals surface area contributed by atoms with E-state index in [1.165, 1.54) is 0 Å². The first-order valence-electron chi connectivity index (χ1n) is 6.56. The lowest BCUT2D eigenvalue weighted by atomic mass is 9.99. The van der Waals surface area contributed by atoms with Crippen LogP contribution in [0, 0.1) is 12.8 Å². The van der Waals surface area contributed by atoms with Gasteiger partial charge in [0.15, 0.2) is 0 Å². The summed E-state index contributed by atoms with van der Waals surface area (Å²) in [5.74, 6) is 0.352. The fourth-order valence-electron chi connectivity index (χ4n) is 2.58. The van der Waals surface area contributed by atoms with Crippen molar-refractivity contribution in [3.8, 4) is 0 Å². The number of carboxylic acids is 1. The summed E-state index contributed by atoms with van der Waals surface area (Å²) in [6.07, 6.45) is 2.24. The molecule has 0 aliphatic carbocycles. The molecular formula is C14H20N2O3. The highest BCUT2D eigenvalue weighted by molar-refractivity contribution is 5.88. The average molecular weight is 264 g/mol. The van der Waals surface area contributed by atoms with Crippen LogP contribution in [0.15, 0.2) is 12.1 Å².